The maximum atomic E-state index is 12.0. The Balaban J connectivity index is 1.58. The molecule has 5 rings (SSSR count). The van der Waals surface area contributed by atoms with E-state index < -0.39 is 5.97 Å². The van der Waals surface area contributed by atoms with Gasteiger partial charge in [-0.25, -0.2) is 14.8 Å². The molecule has 6 heteroatoms. The Morgan fingerprint density at radius 1 is 1.21 bits per heavy atom. The number of rotatable bonds is 4. The molecule has 0 aromatic carbocycles. The molecule has 2 aliphatic carbocycles. The molecule has 24 heavy (non-hydrogen) atoms. The Kier molecular flexibility index (Phi) is 3.08. The first kappa shape index (κ1) is 14.3. The highest BCUT2D eigenvalue weighted by molar-refractivity contribution is 5.88. The fourth-order valence-corrected chi connectivity index (χ4v) is 4.29. The van der Waals surface area contributed by atoms with Crippen molar-refractivity contribution < 1.29 is 9.53 Å². The number of hydrogen-bond donors (Lipinski definition) is 0. The van der Waals surface area contributed by atoms with Gasteiger partial charge in [-0.3, -0.25) is 4.40 Å². The van der Waals surface area contributed by atoms with Gasteiger partial charge in [-0.2, -0.15) is 0 Å². The zero-order valence-electron chi connectivity index (χ0n) is 13.9. The lowest BCUT2D eigenvalue weighted by atomic mass is 9.98. The standard InChI is InChI=1S/C18H22N4O2/c1-24-17(23)14-9-16-19-6-7-21(16)18(20-14)22-10-13(11-2-3-11)8-15(22)12-4-5-12/h6-7,9,11-13,15H,2-5,8,10H2,1H3/t13-,15-/m1/s1. The maximum Gasteiger partial charge on any atom is 0.356 e. The predicted molar refractivity (Wildman–Crippen MR) is 89.0 cm³/mol. The summed E-state index contributed by atoms with van der Waals surface area (Å²) in [4.78, 5) is 23.5. The van der Waals surface area contributed by atoms with Crippen LogP contribution in [0.3, 0.4) is 0 Å². The molecule has 0 unspecified atom stereocenters. The second-order valence-corrected chi connectivity index (χ2v) is 7.48. The molecule has 3 aliphatic rings. The van der Waals surface area contributed by atoms with Gasteiger partial charge < -0.3 is 9.64 Å². The number of anilines is 1. The highest BCUT2D eigenvalue weighted by Crippen LogP contribution is 2.49. The second-order valence-electron chi connectivity index (χ2n) is 7.48. The zero-order valence-corrected chi connectivity index (χ0v) is 13.9. The Bertz CT molecular complexity index is 793. The van der Waals surface area contributed by atoms with Crippen LogP contribution >= 0.6 is 0 Å². The Hall–Kier alpha value is -2.11. The van der Waals surface area contributed by atoms with E-state index in [1.807, 2.05) is 10.6 Å². The lowest BCUT2D eigenvalue weighted by molar-refractivity contribution is 0.0594. The summed E-state index contributed by atoms with van der Waals surface area (Å²) in [5, 5.41) is 0. The Morgan fingerprint density at radius 2 is 2.00 bits per heavy atom. The summed E-state index contributed by atoms with van der Waals surface area (Å²) >= 11 is 0. The molecule has 2 aromatic rings. The van der Waals surface area contributed by atoms with Gasteiger partial charge in [0, 0.05) is 31.0 Å². The average molecular weight is 326 g/mol. The molecule has 1 aliphatic heterocycles. The summed E-state index contributed by atoms with van der Waals surface area (Å²) in [5.41, 5.74) is 1.10. The third-order valence-corrected chi connectivity index (χ3v) is 5.85. The van der Waals surface area contributed by atoms with Crippen LogP contribution in [0.2, 0.25) is 0 Å². The van der Waals surface area contributed by atoms with E-state index in [4.69, 9.17) is 4.74 Å². The van der Waals surface area contributed by atoms with Gasteiger partial charge in [-0.15, -0.1) is 0 Å². The predicted octanol–water partition coefficient (Wildman–Crippen LogP) is 2.53. The number of ether oxygens (including phenoxy) is 1. The van der Waals surface area contributed by atoms with Gasteiger partial charge >= 0.3 is 5.97 Å². The molecule has 0 N–H and O–H groups in total. The highest BCUT2D eigenvalue weighted by atomic mass is 16.5. The van der Waals surface area contributed by atoms with E-state index in [1.165, 1.54) is 39.2 Å². The first-order chi connectivity index (χ1) is 11.7. The van der Waals surface area contributed by atoms with E-state index in [-0.39, 0.29) is 0 Å². The van der Waals surface area contributed by atoms with Crippen molar-refractivity contribution in [3.8, 4) is 0 Å². The largest absolute Gasteiger partial charge is 0.464 e. The van der Waals surface area contributed by atoms with Gasteiger partial charge in [-0.1, -0.05) is 0 Å². The SMILES string of the molecule is COC(=O)c1cc2nccn2c(N2C[C@H](C3CC3)C[C@@H]2C2CC2)n1. The van der Waals surface area contributed by atoms with Gasteiger partial charge in [0.15, 0.2) is 5.69 Å². The van der Waals surface area contributed by atoms with Crippen LogP contribution in [0.5, 0.6) is 0 Å². The molecule has 6 nitrogen and oxygen atoms in total. The number of esters is 1. The van der Waals surface area contributed by atoms with E-state index in [9.17, 15) is 4.79 Å². The number of imidazole rings is 1. The van der Waals surface area contributed by atoms with Crippen molar-refractivity contribution in [3.05, 3.63) is 24.2 Å². The molecule has 0 bridgehead atoms. The smallest absolute Gasteiger partial charge is 0.356 e. The minimum Gasteiger partial charge on any atom is -0.464 e. The normalized spacial score (nSPS) is 27.0. The van der Waals surface area contributed by atoms with Crippen LogP contribution in [0.15, 0.2) is 18.5 Å². The molecule has 0 radical (unpaired) electrons. The van der Waals surface area contributed by atoms with Crippen LogP contribution in [0.25, 0.3) is 5.65 Å². The van der Waals surface area contributed by atoms with Crippen molar-refractivity contribution in [2.45, 2.75) is 38.1 Å². The molecule has 0 amide bonds. The quantitative estimate of drug-likeness (QED) is 0.808. The Morgan fingerprint density at radius 3 is 2.71 bits per heavy atom. The maximum absolute atomic E-state index is 12.0. The number of nitrogens with zero attached hydrogens (tertiary/aromatic N) is 4. The molecular formula is C18H22N4O2. The van der Waals surface area contributed by atoms with Crippen LogP contribution < -0.4 is 4.90 Å². The lowest BCUT2D eigenvalue weighted by Gasteiger charge is -2.26. The van der Waals surface area contributed by atoms with E-state index in [2.05, 4.69) is 14.9 Å². The Labute approximate surface area is 140 Å². The fraction of sp³-hybridized carbons (Fsp3) is 0.611. The van der Waals surface area contributed by atoms with E-state index >= 15 is 0 Å². The van der Waals surface area contributed by atoms with E-state index in [1.54, 1.807) is 12.3 Å². The van der Waals surface area contributed by atoms with Crippen molar-refractivity contribution in [2.75, 3.05) is 18.6 Å². The molecule has 0 spiro atoms. The van der Waals surface area contributed by atoms with Crippen molar-refractivity contribution in [1.29, 1.82) is 0 Å². The molecule has 126 valence electrons. The van der Waals surface area contributed by atoms with Crippen LogP contribution in [0, 0.1) is 17.8 Å². The number of carbonyl (C=O) groups is 1. The van der Waals surface area contributed by atoms with E-state index in [0.717, 1.165) is 35.9 Å². The molecule has 2 aromatic heterocycles. The van der Waals surface area contributed by atoms with Crippen LogP contribution in [0.4, 0.5) is 5.95 Å². The van der Waals surface area contributed by atoms with Crippen molar-refractivity contribution in [3.63, 3.8) is 0 Å². The number of hydrogen-bond acceptors (Lipinski definition) is 5. The average Bonchev–Trinajstić information content (AvgIpc) is 3.54. The van der Waals surface area contributed by atoms with Gasteiger partial charge in [0.25, 0.3) is 0 Å². The van der Waals surface area contributed by atoms with E-state index in [0.29, 0.717) is 11.7 Å². The molecule has 3 heterocycles. The highest BCUT2D eigenvalue weighted by Gasteiger charge is 2.47. The fourth-order valence-electron chi connectivity index (χ4n) is 4.29. The summed E-state index contributed by atoms with van der Waals surface area (Å²) in [6.45, 7) is 1.05. The summed E-state index contributed by atoms with van der Waals surface area (Å²) in [6.07, 6.45) is 10.4. The summed E-state index contributed by atoms with van der Waals surface area (Å²) in [6, 6.07) is 2.26. The summed E-state index contributed by atoms with van der Waals surface area (Å²) < 4.78 is 6.89. The topological polar surface area (TPSA) is 59.7 Å². The monoisotopic (exact) mass is 326 g/mol. The lowest BCUT2D eigenvalue weighted by Crippen LogP contribution is -2.34. The van der Waals surface area contributed by atoms with Gasteiger partial charge in [0.2, 0.25) is 5.95 Å². The molecule has 2 atom stereocenters. The van der Waals surface area contributed by atoms with Crippen molar-refractivity contribution >= 4 is 17.6 Å². The molecule has 3 fully saturated rings. The summed E-state index contributed by atoms with van der Waals surface area (Å²) in [7, 11) is 1.39. The van der Waals surface area contributed by atoms with Gasteiger partial charge in [0.05, 0.1) is 7.11 Å². The third kappa shape index (κ3) is 2.27. The number of carbonyl (C=O) groups excluding carboxylic acids is 1. The minimum absolute atomic E-state index is 0.343. The second kappa shape index (κ2) is 5.19. The van der Waals surface area contributed by atoms with Crippen LogP contribution in [-0.2, 0) is 4.74 Å². The number of methoxy groups -OCH3 is 1. The van der Waals surface area contributed by atoms with Crippen molar-refractivity contribution in [2.24, 2.45) is 17.8 Å². The minimum atomic E-state index is -0.400. The van der Waals surface area contributed by atoms with Gasteiger partial charge in [0.1, 0.15) is 5.65 Å². The van der Waals surface area contributed by atoms with Crippen LogP contribution in [0.1, 0.15) is 42.6 Å². The first-order valence-corrected chi connectivity index (χ1v) is 8.93. The zero-order chi connectivity index (χ0) is 16.3. The summed E-state index contributed by atoms with van der Waals surface area (Å²) in [5.74, 6) is 2.92. The van der Waals surface area contributed by atoms with Gasteiger partial charge in [-0.05, 0) is 49.9 Å². The molecular weight excluding hydrogens is 304 g/mol. The molecule has 1 saturated heterocycles. The third-order valence-electron chi connectivity index (χ3n) is 5.85. The first-order valence-electron chi connectivity index (χ1n) is 8.93. The van der Waals surface area contributed by atoms with Crippen LogP contribution in [-0.4, -0.2) is 40.0 Å². The molecule has 2 saturated carbocycles. The van der Waals surface area contributed by atoms with Crippen molar-refractivity contribution in [1.82, 2.24) is 14.4 Å². The number of fused-ring (bicyclic) bond motifs is 1. The number of aromatic nitrogens is 3.